The molecule has 0 spiro atoms. The Morgan fingerprint density at radius 3 is 1.83 bits per heavy atom. The zero-order valence-corrected chi connectivity index (χ0v) is 17.4. The zero-order chi connectivity index (χ0) is 22.0. The fraction of sp³-hybridized carbons (Fsp3) is 0.545. The van der Waals surface area contributed by atoms with Crippen LogP contribution in [0, 0.1) is 0 Å². The van der Waals surface area contributed by atoms with Crippen LogP contribution in [0.25, 0.3) is 0 Å². The maximum atomic E-state index is 11.8. The van der Waals surface area contributed by atoms with E-state index >= 15 is 0 Å². The number of rotatable bonds is 15. The maximum Gasteiger partial charge on any atom is 0.332 e. The SMILES string of the molecule is O=C(O)CCCCCCC(=O)ONC(=O)CCCCCCC(=O)Nc1ccccc1. The van der Waals surface area contributed by atoms with Crippen molar-refractivity contribution in [3.05, 3.63) is 30.3 Å². The molecule has 1 aromatic rings. The molecule has 1 rings (SSSR count). The molecule has 0 aliphatic carbocycles. The normalized spacial score (nSPS) is 10.3. The van der Waals surface area contributed by atoms with Gasteiger partial charge >= 0.3 is 11.9 Å². The molecule has 0 aliphatic heterocycles. The predicted molar refractivity (Wildman–Crippen MR) is 112 cm³/mol. The molecule has 8 nitrogen and oxygen atoms in total. The van der Waals surface area contributed by atoms with Crippen LogP contribution >= 0.6 is 0 Å². The van der Waals surface area contributed by atoms with Gasteiger partial charge in [0.15, 0.2) is 0 Å². The summed E-state index contributed by atoms with van der Waals surface area (Å²) in [5.41, 5.74) is 2.94. The topological polar surface area (TPSA) is 122 Å². The summed E-state index contributed by atoms with van der Waals surface area (Å²) in [5.74, 6) is -1.67. The van der Waals surface area contributed by atoms with Crippen LogP contribution in [0.3, 0.4) is 0 Å². The molecule has 0 bridgehead atoms. The molecule has 0 radical (unpaired) electrons. The molecular weight excluding hydrogens is 388 g/mol. The van der Waals surface area contributed by atoms with Gasteiger partial charge in [-0.2, -0.15) is 5.48 Å². The number of carbonyl (C=O) groups excluding carboxylic acids is 3. The van der Waals surface area contributed by atoms with Crippen LogP contribution in [0.1, 0.15) is 77.0 Å². The Hall–Kier alpha value is -2.90. The van der Waals surface area contributed by atoms with Crippen LogP contribution in [-0.2, 0) is 24.0 Å². The number of hydrogen-bond donors (Lipinski definition) is 3. The fourth-order valence-corrected chi connectivity index (χ4v) is 2.78. The molecule has 0 saturated carbocycles. The molecule has 0 aromatic heterocycles. The van der Waals surface area contributed by atoms with Gasteiger partial charge in [0.1, 0.15) is 0 Å². The van der Waals surface area contributed by atoms with Gasteiger partial charge in [0.2, 0.25) is 5.91 Å². The quantitative estimate of drug-likeness (QED) is 0.292. The van der Waals surface area contributed by atoms with Crippen molar-refractivity contribution in [3.8, 4) is 0 Å². The molecule has 3 N–H and O–H groups in total. The molecule has 0 heterocycles. The van der Waals surface area contributed by atoms with Crippen molar-refractivity contribution in [2.45, 2.75) is 77.0 Å². The van der Waals surface area contributed by atoms with Crippen molar-refractivity contribution in [1.29, 1.82) is 0 Å². The first-order valence-corrected chi connectivity index (χ1v) is 10.5. The first-order valence-electron chi connectivity index (χ1n) is 10.5. The summed E-state index contributed by atoms with van der Waals surface area (Å²) in [7, 11) is 0. The van der Waals surface area contributed by atoms with Crippen molar-refractivity contribution >= 4 is 29.4 Å². The number of para-hydroxylation sites is 1. The van der Waals surface area contributed by atoms with Crippen LogP contribution in [0.5, 0.6) is 0 Å². The zero-order valence-electron chi connectivity index (χ0n) is 17.4. The minimum absolute atomic E-state index is 0.0206. The maximum absolute atomic E-state index is 11.8. The highest BCUT2D eigenvalue weighted by atomic mass is 16.7. The highest BCUT2D eigenvalue weighted by Crippen LogP contribution is 2.09. The van der Waals surface area contributed by atoms with Gasteiger partial charge in [-0.25, -0.2) is 4.79 Å². The second kappa shape index (κ2) is 16.0. The first kappa shape index (κ1) is 25.1. The number of anilines is 1. The molecule has 0 fully saturated rings. The fourth-order valence-electron chi connectivity index (χ4n) is 2.78. The minimum Gasteiger partial charge on any atom is -0.481 e. The Morgan fingerprint density at radius 2 is 1.23 bits per heavy atom. The summed E-state index contributed by atoms with van der Waals surface area (Å²) in [6, 6.07) is 9.30. The van der Waals surface area contributed by atoms with Gasteiger partial charge in [-0.15, -0.1) is 0 Å². The lowest BCUT2D eigenvalue weighted by atomic mass is 10.1. The van der Waals surface area contributed by atoms with E-state index in [-0.39, 0.29) is 31.1 Å². The third kappa shape index (κ3) is 14.1. The molecule has 166 valence electrons. The molecule has 0 saturated heterocycles. The summed E-state index contributed by atoms with van der Waals surface area (Å²) >= 11 is 0. The van der Waals surface area contributed by atoms with Gasteiger partial charge in [-0.1, -0.05) is 43.9 Å². The predicted octanol–water partition coefficient (Wildman–Crippen LogP) is 3.97. The van der Waals surface area contributed by atoms with E-state index in [9.17, 15) is 19.2 Å². The molecular formula is C22H32N2O6. The Bertz CT molecular complexity index is 663. The van der Waals surface area contributed by atoms with Crippen LogP contribution < -0.4 is 10.8 Å². The molecule has 1 aromatic carbocycles. The van der Waals surface area contributed by atoms with Crippen molar-refractivity contribution < 1.29 is 29.1 Å². The van der Waals surface area contributed by atoms with Gasteiger partial charge in [-0.05, 0) is 37.8 Å². The lowest BCUT2D eigenvalue weighted by Crippen LogP contribution is -2.26. The number of carbonyl (C=O) groups is 4. The number of carboxylic acids is 1. The second-order valence-electron chi connectivity index (χ2n) is 7.14. The molecule has 0 aliphatic rings. The number of hydrogen-bond acceptors (Lipinski definition) is 5. The van der Waals surface area contributed by atoms with Crippen molar-refractivity contribution in [1.82, 2.24) is 5.48 Å². The Labute approximate surface area is 177 Å². The highest BCUT2D eigenvalue weighted by molar-refractivity contribution is 5.90. The van der Waals surface area contributed by atoms with Crippen LogP contribution in [0.15, 0.2) is 30.3 Å². The lowest BCUT2D eigenvalue weighted by molar-refractivity contribution is -0.158. The monoisotopic (exact) mass is 420 g/mol. The van der Waals surface area contributed by atoms with Crippen LogP contribution in [0.2, 0.25) is 0 Å². The van der Waals surface area contributed by atoms with Gasteiger partial charge < -0.3 is 15.3 Å². The molecule has 8 heteroatoms. The van der Waals surface area contributed by atoms with E-state index in [0.29, 0.717) is 25.7 Å². The van der Waals surface area contributed by atoms with Crippen molar-refractivity contribution in [3.63, 3.8) is 0 Å². The number of hydroxylamine groups is 1. The third-order valence-corrected chi connectivity index (χ3v) is 4.42. The van der Waals surface area contributed by atoms with Gasteiger partial charge in [0, 0.05) is 31.4 Å². The van der Waals surface area contributed by atoms with Crippen molar-refractivity contribution in [2.24, 2.45) is 0 Å². The minimum atomic E-state index is -0.814. The number of amides is 2. The van der Waals surface area contributed by atoms with E-state index in [1.807, 2.05) is 30.3 Å². The lowest BCUT2D eigenvalue weighted by Gasteiger charge is -2.06. The number of benzene rings is 1. The molecule has 0 unspecified atom stereocenters. The number of unbranched alkanes of at least 4 members (excludes halogenated alkanes) is 6. The smallest absolute Gasteiger partial charge is 0.332 e. The van der Waals surface area contributed by atoms with Gasteiger partial charge in [-0.3, -0.25) is 14.4 Å². The van der Waals surface area contributed by atoms with Gasteiger partial charge in [0.25, 0.3) is 5.91 Å². The largest absolute Gasteiger partial charge is 0.481 e. The summed E-state index contributed by atoms with van der Waals surface area (Å²) in [6.07, 6.45) is 6.81. The molecule has 30 heavy (non-hydrogen) atoms. The molecule has 0 atom stereocenters. The van der Waals surface area contributed by atoms with E-state index in [2.05, 4.69) is 10.8 Å². The average Bonchev–Trinajstić information content (AvgIpc) is 2.72. The van der Waals surface area contributed by atoms with Crippen LogP contribution in [-0.4, -0.2) is 28.9 Å². The first-order chi connectivity index (χ1) is 14.5. The average molecular weight is 421 g/mol. The Kier molecular flexibility index (Phi) is 13.4. The molecule has 2 amide bonds. The number of carboxylic acid groups (broad SMARTS) is 1. The highest BCUT2D eigenvalue weighted by Gasteiger charge is 2.07. The number of nitrogens with one attached hydrogen (secondary N) is 2. The van der Waals surface area contributed by atoms with E-state index in [1.165, 1.54) is 0 Å². The Morgan fingerprint density at radius 1 is 0.700 bits per heavy atom. The van der Waals surface area contributed by atoms with E-state index in [1.54, 1.807) is 0 Å². The van der Waals surface area contributed by atoms with E-state index < -0.39 is 11.9 Å². The van der Waals surface area contributed by atoms with Crippen molar-refractivity contribution in [2.75, 3.05) is 5.32 Å². The van der Waals surface area contributed by atoms with Crippen LogP contribution in [0.4, 0.5) is 5.69 Å². The third-order valence-electron chi connectivity index (χ3n) is 4.42. The van der Waals surface area contributed by atoms with E-state index in [4.69, 9.17) is 9.94 Å². The van der Waals surface area contributed by atoms with E-state index in [0.717, 1.165) is 37.8 Å². The standard InChI is InChI=1S/C22H32N2O6/c25-19(23-18-12-6-5-7-13-18)14-8-1-2-9-15-20(26)24-30-22(29)17-11-4-3-10-16-21(27)28/h5-7,12-13H,1-4,8-11,14-17H2,(H,23,25)(H,24,26)(H,27,28). The summed E-state index contributed by atoms with van der Waals surface area (Å²) in [6.45, 7) is 0. The van der Waals surface area contributed by atoms with Gasteiger partial charge in [0.05, 0.1) is 0 Å². The number of aliphatic carboxylic acids is 1. The summed E-state index contributed by atoms with van der Waals surface area (Å²) < 4.78 is 0. The summed E-state index contributed by atoms with van der Waals surface area (Å²) in [4.78, 5) is 50.1. The second-order valence-corrected chi connectivity index (χ2v) is 7.14. The Balaban J connectivity index is 1.93. The summed E-state index contributed by atoms with van der Waals surface area (Å²) in [5, 5.41) is 11.4.